The Morgan fingerprint density at radius 2 is 1.76 bits per heavy atom. The van der Waals surface area contributed by atoms with Crippen LogP contribution in [0.15, 0.2) is 24.3 Å². The highest BCUT2D eigenvalue weighted by molar-refractivity contribution is 5.59. The molecule has 4 N–H and O–H groups in total. The van der Waals surface area contributed by atoms with E-state index in [1.54, 1.807) is 6.07 Å². The van der Waals surface area contributed by atoms with Gasteiger partial charge in [0.15, 0.2) is 5.69 Å². The van der Waals surface area contributed by atoms with Crippen molar-refractivity contribution in [3.8, 4) is 0 Å². The molecule has 5 nitrogen and oxygen atoms in total. The second-order valence-corrected chi connectivity index (χ2v) is 4.53. The minimum absolute atomic E-state index is 0.00790. The van der Waals surface area contributed by atoms with E-state index in [2.05, 4.69) is 15.3 Å². The van der Waals surface area contributed by atoms with Gasteiger partial charge in [0.05, 0.1) is 0 Å². The second kappa shape index (κ2) is 5.57. The van der Waals surface area contributed by atoms with Gasteiger partial charge in [-0.05, 0) is 37.1 Å². The molecule has 0 unspecified atom stereocenters. The molecule has 112 valence electrons. The van der Waals surface area contributed by atoms with Crippen molar-refractivity contribution in [1.82, 2.24) is 9.97 Å². The van der Waals surface area contributed by atoms with Crippen LogP contribution in [0.2, 0.25) is 0 Å². The minimum atomic E-state index is -4.58. The number of hydrazine groups is 1. The van der Waals surface area contributed by atoms with Gasteiger partial charge in [-0.15, -0.1) is 0 Å². The van der Waals surface area contributed by atoms with Gasteiger partial charge in [-0.1, -0.05) is 6.07 Å². The van der Waals surface area contributed by atoms with E-state index in [0.717, 1.165) is 17.2 Å². The fourth-order valence-electron chi connectivity index (χ4n) is 1.69. The molecule has 8 heteroatoms. The highest BCUT2D eigenvalue weighted by Gasteiger charge is 2.33. The predicted molar refractivity (Wildman–Crippen MR) is 74.0 cm³/mol. The summed E-state index contributed by atoms with van der Waals surface area (Å²) in [5.41, 5.74) is 3.69. The molecule has 0 saturated heterocycles. The molecule has 0 aliphatic heterocycles. The predicted octanol–water partition coefficient (Wildman–Crippen LogP) is 3.14. The van der Waals surface area contributed by atoms with E-state index in [0.29, 0.717) is 5.69 Å². The van der Waals surface area contributed by atoms with Gasteiger partial charge in [0.1, 0.15) is 5.82 Å². The van der Waals surface area contributed by atoms with Crippen molar-refractivity contribution in [2.24, 2.45) is 5.84 Å². The molecule has 0 aliphatic carbocycles. The van der Waals surface area contributed by atoms with Gasteiger partial charge >= 0.3 is 6.18 Å². The number of benzene rings is 1. The lowest BCUT2D eigenvalue weighted by Crippen LogP contribution is -2.16. The van der Waals surface area contributed by atoms with Crippen molar-refractivity contribution in [2.45, 2.75) is 20.0 Å². The average Bonchev–Trinajstić information content (AvgIpc) is 2.41. The summed E-state index contributed by atoms with van der Waals surface area (Å²) in [5.74, 6) is 4.80. The number of rotatable bonds is 3. The molecule has 0 saturated carbocycles. The SMILES string of the molecule is Cc1ccc(Nc2cc(C(F)(F)F)nc(NN)n2)cc1C. The smallest absolute Gasteiger partial charge is 0.340 e. The summed E-state index contributed by atoms with van der Waals surface area (Å²) in [6.07, 6.45) is -4.58. The van der Waals surface area contributed by atoms with Crippen LogP contribution >= 0.6 is 0 Å². The molecule has 0 radical (unpaired) electrons. The summed E-state index contributed by atoms with van der Waals surface area (Å²) in [6.45, 7) is 3.86. The van der Waals surface area contributed by atoms with E-state index in [9.17, 15) is 13.2 Å². The number of halogens is 3. The molecular weight excluding hydrogens is 283 g/mol. The maximum absolute atomic E-state index is 12.8. The van der Waals surface area contributed by atoms with Crippen LogP contribution in [0.3, 0.4) is 0 Å². The minimum Gasteiger partial charge on any atom is -0.340 e. The van der Waals surface area contributed by atoms with Crippen LogP contribution in [0.25, 0.3) is 0 Å². The number of nitrogen functional groups attached to an aromatic ring is 1. The summed E-state index contributed by atoms with van der Waals surface area (Å²) >= 11 is 0. The van der Waals surface area contributed by atoms with E-state index in [-0.39, 0.29) is 11.8 Å². The number of hydrogen-bond donors (Lipinski definition) is 3. The van der Waals surface area contributed by atoms with Gasteiger partial charge in [0.2, 0.25) is 5.95 Å². The van der Waals surface area contributed by atoms with Crippen molar-refractivity contribution >= 4 is 17.5 Å². The maximum Gasteiger partial charge on any atom is 0.433 e. The quantitative estimate of drug-likeness (QED) is 0.599. The largest absolute Gasteiger partial charge is 0.433 e. The zero-order valence-electron chi connectivity index (χ0n) is 11.4. The summed E-state index contributed by atoms with van der Waals surface area (Å²) in [6, 6.07) is 6.27. The Hall–Kier alpha value is -2.35. The Kier molecular flexibility index (Phi) is 3.99. The molecule has 0 aliphatic rings. The topological polar surface area (TPSA) is 75.9 Å². The summed E-state index contributed by atoms with van der Waals surface area (Å²) in [5, 5.41) is 2.81. The standard InChI is InChI=1S/C13H14F3N5/c1-7-3-4-9(5-8(7)2)18-11-6-10(13(14,15)16)19-12(20-11)21-17/h3-6H,17H2,1-2H3,(H2,18,19,20,21). The molecule has 2 rings (SSSR count). The molecule has 0 amide bonds. The summed E-state index contributed by atoms with van der Waals surface area (Å²) < 4.78 is 38.3. The van der Waals surface area contributed by atoms with E-state index in [4.69, 9.17) is 5.84 Å². The van der Waals surface area contributed by atoms with Crippen LogP contribution in [0.4, 0.5) is 30.6 Å². The molecule has 0 fully saturated rings. The average molecular weight is 297 g/mol. The van der Waals surface area contributed by atoms with Gasteiger partial charge in [-0.3, -0.25) is 5.43 Å². The molecular formula is C13H14F3N5. The van der Waals surface area contributed by atoms with Gasteiger partial charge < -0.3 is 5.32 Å². The van der Waals surface area contributed by atoms with E-state index < -0.39 is 11.9 Å². The lowest BCUT2D eigenvalue weighted by molar-refractivity contribution is -0.141. The van der Waals surface area contributed by atoms with Crippen LogP contribution in [0.1, 0.15) is 16.8 Å². The maximum atomic E-state index is 12.8. The molecule has 0 spiro atoms. The Balaban J connectivity index is 2.36. The lowest BCUT2D eigenvalue weighted by Gasteiger charge is -2.12. The third-order valence-corrected chi connectivity index (χ3v) is 2.92. The van der Waals surface area contributed by atoms with Gasteiger partial charge in [-0.25, -0.2) is 10.8 Å². The highest BCUT2D eigenvalue weighted by Crippen LogP contribution is 2.30. The number of nitrogens with one attached hydrogen (secondary N) is 2. The first kappa shape index (κ1) is 15.0. The molecule has 1 aromatic carbocycles. The summed E-state index contributed by atoms with van der Waals surface area (Å²) in [4.78, 5) is 7.14. The monoisotopic (exact) mass is 297 g/mol. The van der Waals surface area contributed by atoms with E-state index >= 15 is 0 Å². The van der Waals surface area contributed by atoms with Gasteiger partial charge in [-0.2, -0.15) is 18.2 Å². The summed E-state index contributed by atoms with van der Waals surface area (Å²) in [7, 11) is 0. The molecule has 1 heterocycles. The number of aryl methyl sites for hydroxylation is 2. The first-order valence-corrected chi connectivity index (χ1v) is 6.07. The Labute approximate surface area is 119 Å². The van der Waals surface area contributed by atoms with Crippen LogP contribution in [-0.2, 0) is 6.18 Å². The van der Waals surface area contributed by atoms with Crippen molar-refractivity contribution in [3.63, 3.8) is 0 Å². The molecule has 0 bridgehead atoms. The van der Waals surface area contributed by atoms with Gasteiger partial charge in [0.25, 0.3) is 0 Å². The highest BCUT2D eigenvalue weighted by atomic mass is 19.4. The van der Waals surface area contributed by atoms with Crippen LogP contribution in [0.5, 0.6) is 0 Å². The van der Waals surface area contributed by atoms with Crippen molar-refractivity contribution < 1.29 is 13.2 Å². The number of hydrogen-bond acceptors (Lipinski definition) is 5. The number of nitrogens with two attached hydrogens (primary N) is 1. The van der Waals surface area contributed by atoms with Crippen molar-refractivity contribution in [1.29, 1.82) is 0 Å². The van der Waals surface area contributed by atoms with Crippen molar-refractivity contribution in [3.05, 3.63) is 41.1 Å². The second-order valence-electron chi connectivity index (χ2n) is 4.53. The number of nitrogens with zero attached hydrogens (tertiary/aromatic N) is 2. The fraction of sp³-hybridized carbons (Fsp3) is 0.231. The number of anilines is 3. The van der Waals surface area contributed by atoms with Crippen LogP contribution in [-0.4, -0.2) is 9.97 Å². The Bertz CT molecular complexity index is 655. The lowest BCUT2D eigenvalue weighted by atomic mass is 10.1. The zero-order chi connectivity index (χ0) is 15.6. The van der Waals surface area contributed by atoms with E-state index in [1.165, 1.54) is 0 Å². The Morgan fingerprint density at radius 3 is 2.33 bits per heavy atom. The Morgan fingerprint density at radius 1 is 1.05 bits per heavy atom. The zero-order valence-corrected chi connectivity index (χ0v) is 11.4. The first-order valence-electron chi connectivity index (χ1n) is 6.07. The molecule has 2 aromatic rings. The molecule has 21 heavy (non-hydrogen) atoms. The third-order valence-electron chi connectivity index (χ3n) is 2.92. The normalized spacial score (nSPS) is 11.3. The van der Waals surface area contributed by atoms with E-state index in [1.807, 2.05) is 31.4 Å². The number of alkyl halides is 3. The van der Waals surface area contributed by atoms with Crippen molar-refractivity contribution in [2.75, 3.05) is 10.7 Å². The molecule has 0 atom stereocenters. The fourth-order valence-corrected chi connectivity index (χ4v) is 1.69. The van der Waals surface area contributed by atoms with Crippen LogP contribution < -0.4 is 16.6 Å². The number of aromatic nitrogens is 2. The van der Waals surface area contributed by atoms with Crippen LogP contribution in [0, 0.1) is 13.8 Å². The first-order chi connectivity index (χ1) is 9.79. The molecule has 1 aromatic heterocycles. The van der Waals surface area contributed by atoms with Gasteiger partial charge in [0, 0.05) is 11.8 Å². The third kappa shape index (κ3) is 3.60.